The maximum Gasteiger partial charge on any atom is 0.258 e. The summed E-state index contributed by atoms with van der Waals surface area (Å²) in [5.41, 5.74) is 0.927. The predicted octanol–water partition coefficient (Wildman–Crippen LogP) is 4.01. The molecule has 1 aromatic heterocycles. The summed E-state index contributed by atoms with van der Waals surface area (Å²) >= 11 is 12.0. The first kappa shape index (κ1) is 18.3. The minimum absolute atomic E-state index is 0.187. The molecular formula is C19H17Cl2N3O2. The van der Waals surface area contributed by atoms with E-state index in [1.807, 2.05) is 48.1 Å². The largest absolute Gasteiger partial charge is 0.482 e. The molecule has 0 aliphatic rings. The summed E-state index contributed by atoms with van der Waals surface area (Å²) in [7, 11) is 1.88. The number of halogens is 2. The van der Waals surface area contributed by atoms with E-state index in [-0.39, 0.29) is 18.6 Å². The van der Waals surface area contributed by atoms with Gasteiger partial charge in [0.15, 0.2) is 6.61 Å². The maximum absolute atomic E-state index is 12.5. The normalized spacial score (nSPS) is 11.8. The molecule has 1 heterocycles. The lowest BCUT2D eigenvalue weighted by Gasteiger charge is -2.19. The second-order valence-corrected chi connectivity index (χ2v) is 6.51. The molecule has 5 nitrogen and oxygen atoms in total. The van der Waals surface area contributed by atoms with E-state index in [1.165, 1.54) is 0 Å². The van der Waals surface area contributed by atoms with Crippen molar-refractivity contribution in [1.82, 2.24) is 14.9 Å². The molecule has 0 saturated carbocycles. The van der Waals surface area contributed by atoms with Gasteiger partial charge < -0.3 is 14.6 Å². The van der Waals surface area contributed by atoms with Gasteiger partial charge >= 0.3 is 0 Å². The quantitative estimate of drug-likeness (QED) is 0.692. The van der Waals surface area contributed by atoms with Crippen LogP contribution in [0.1, 0.15) is 17.4 Å². The summed E-state index contributed by atoms with van der Waals surface area (Å²) < 4.78 is 7.38. The van der Waals surface area contributed by atoms with Crippen LogP contribution in [0.3, 0.4) is 0 Å². The molecule has 7 heteroatoms. The zero-order chi connectivity index (χ0) is 18.5. The number of nitrogens with zero attached hydrogens (tertiary/aromatic N) is 2. The van der Waals surface area contributed by atoms with Crippen LogP contribution in [-0.4, -0.2) is 22.1 Å². The molecule has 0 aliphatic heterocycles. The van der Waals surface area contributed by atoms with Gasteiger partial charge in [0, 0.05) is 30.5 Å². The Kier molecular flexibility index (Phi) is 5.81. The maximum atomic E-state index is 12.5. The van der Waals surface area contributed by atoms with E-state index >= 15 is 0 Å². The van der Waals surface area contributed by atoms with Crippen LogP contribution in [0, 0.1) is 0 Å². The molecule has 1 atom stereocenters. The highest BCUT2D eigenvalue weighted by atomic mass is 35.5. The van der Waals surface area contributed by atoms with E-state index in [4.69, 9.17) is 27.9 Å². The third-order valence-corrected chi connectivity index (χ3v) is 4.35. The van der Waals surface area contributed by atoms with E-state index in [2.05, 4.69) is 10.3 Å². The fourth-order valence-corrected chi connectivity index (χ4v) is 2.87. The Morgan fingerprint density at radius 3 is 2.69 bits per heavy atom. The second kappa shape index (κ2) is 8.25. The van der Waals surface area contributed by atoms with Gasteiger partial charge in [-0.15, -0.1) is 0 Å². The average Bonchev–Trinajstić information content (AvgIpc) is 3.07. The van der Waals surface area contributed by atoms with Crippen molar-refractivity contribution in [1.29, 1.82) is 0 Å². The highest BCUT2D eigenvalue weighted by Gasteiger charge is 2.21. The minimum atomic E-state index is -0.387. The Bertz CT molecular complexity index is 897. The van der Waals surface area contributed by atoms with Crippen molar-refractivity contribution in [3.05, 3.63) is 82.4 Å². The first-order valence-electron chi connectivity index (χ1n) is 7.94. The monoisotopic (exact) mass is 389 g/mol. The summed E-state index contributed by atoms with van der Waals surface area (Å²) in [4.78, 5) is 16.8. The van der Waals surface area contributed by atoms with Crippen LogP contribution in [0.2, 0.25) is 10.0 Å². The van der Waals surface area contributed by atoms with Crippen LogP contribution in [0.4, 0.5) is 0 Å². The fourth-order valence-electron chi connectivity index (χ4n) is 2.53. The van der Waals surface area contributed by atoms with E-state index in [0.717, 1.165) is 11.4 Å². The highest BCUT2D eigenvalue weighted by molar-refractivity contribution is 6.34. The summed E-state index contributed by atoms with van der Waals surface area (Å²) in [5.74, 6) is 0.797. The van der Waals surface area contributed by atoms with Gasteiger partial charge in [-0.2, -0.15) is 0 Å². The number of amides is 1. The molecule has 1 amide bonds. The number of carbonyl (C=O) groups excluding carboxylic acids is 1. The highest BCUT2D eigenvalue weighted by Crippen LogP contribution is 2.27. The Labute approximate surface area is 161 Å². The van der Waals surface area contributed by atoms with Crippen LogP contribution in [0.5, 0.6) is 5.75 Å². The Hall–Kier alpha value is -2.50. The average molecular weight is 390 g/mol. The van der Waals surface area contributed by atoms with Gasteiger partial charge in [0.05, 0.1) is 5.02 Å². The number of hydrogen-bond acceptors (Lipinski definition) is 3. The van der Waals surface area contributed by atoms with Gasteiger partial charge in [-0.3, -0.25) is 4.79 Å². The number of rotatable bonds is 6. The molecule has 0 fully saturated rings. The Morgan fingerprint density at radius 2 is 2.00 bits per heavy atom. The number of benzene rings is 2. The fraction of sp³-hybridized carbons (Fsp3) is 0.158. The minimum Gasteiger partial charge on any atom is -0.482 e. The van der Waals surface area contributed by atoms with E-state index in [0.29, 0.717) is 15.8 Å². The molecule has 2 aromatic carbocycles. The van der Waals surface area contributed by atoms with Crippen molar-refractivity contribution in [2.45, 2.75) is 6.04 Å². The number of imidazole rings is 1. The van der Waals surface area contributed by atoms with Gasteiger partial charge in [-0.1, -0.05) is 53.5 Å². The standard InChI is InChI=1S/C19H17Cl2N3O2/c1-24-10-9-22-19(24)18(13-5-3-2-4-6-13)23-17(25)12-26-16-11-14(20)7-8-15(16)21/h2-11,18H,12H2,1H3,(H,23,25)/t18-/m1/s1. The number of ether oxygens (including phenoxy) is 1. The van der Waals surface area contributed by atoms with Crippen molar-refractivity contribution in [3.8, 4) is 5.75 Å². The molecule has 3 aromatic rings. The van der Waals surface area contributed by atoms with Gasteiger partial charge in [-0.05, 0) is 17.7 Å². The lowest BCUT2D eigenvalue weighted by atomic mass is 10.1. The van der Waals surface area contributed by atoms with Gasteiger partial charge in [0.25, 0.3) is 5.91 Å². The molecule has 0 spiro atoms. The first-order valence-corrected chi connectivity index (χ1v) is 8.69. The van der Waals surface area contributed by atoms with Crippen LogP contribution >= 0.6 is 23.2 Å². The van der Waals surface area contributed by atoms with Crippen LogP contribution in [-0.2, 0) is 11.8 Å². The molecule has 0 bridgehead atoms. The molecule has 3 rings (SSSR count). The van der Waals surface area contributed by atoms with Crippen LogP contribution < -0.4 is 10.1 Å². The summed E-state index contributed by atoms with van der Waals surface area (Å²) in [6, 6.07) is 14.1. The predicted molar refractivity (Wildman–Crippen MR) is 102 cm³/mol. The smallest absolute Gasteiger partial charge is 0.258 e. The first-order chi connectivity index (χ1) is 12.5. The second-order valence-electron chi connectivity index (χ2n) is 5.67. The zero-order valence-electron chi connectivity index (χ0n) is 14.0. The number of nitrogens with one attached hydrogen (secondary N) is 1. The molecule has 0 saturated heterocycles. The van der Waals surface area contributed by atoms with Crippen LogP contribution in [0.15, 0.2) is 60.9 Å². The molecule has 0 aliphatic carbocycles. The van der Waals surface area contributed by atoms with E-state index < -0.39 is 0 Å². The molecule has 1 N–H and O–H groups in total. The summed E-state index contributed by atoms with van der Waals surface area (Å²) in [6.07, 6.45) is 3.53. The zero-order valence-corrected chi connectivity index (χ0v) is 15.5. The van der Waals surface area contributed by atoms with Crippen molar-refractivity contribution in [2.75, 3.05) is 6.61 Å². The topological polar surface area (TPSA) is 56.2 Å². The number of aromatic nitrogens is 2. The third kappa shape index (κ3) is 4.36. The molecule has 134 valence electrons. The SMILES string of the molecule is Cn1ccnc1[C@H](NC(=O)COc1cc(Cl)ccc1Cl)c1ccccc1. The summed E-state index contributed by atoms with van der Waals surface area (Å²) in [6.45, 7) is -0.187. The Morgan fingerprint density at radius 1 is 1.23 bits per heavy atom. The van der Waals surface area contributed by atoms with E-state index in [9.17, 15) is 4.79 Å². The summed E-state index contributed by atoms with van der Waals surface area (Å²) in [5, 5.41) is 3.84. The van der Waals surface area contributed by atoms with Gasteiger partial charge in [0.2, 0.25) is 0 Å². The van der Waals surface area contributed by atoms with E-state index in [1.54, 1.807) is 24.4 Å². The Balaban J connectivity index is 1.74. The van der Waals surface area contributed by atoms with Crippen molar-refractivity contribution < 1.29 is 9.53 Å². The number of hydrogen-bond donors (Lipinski definition) is 1. The molecular weight excluding hydrogens is 373 g/mol. The van der Waals surface area contributed by atoms with Crippen LogP contribution in [0.25, 0.3) is 0 Å². The lowest BCUT2D eigenvalue weighted by molar-refractivity contribution is -0.123. The van der Waals surface area contributed by atoms with Crippen molar-refractivity contribution >= 4 is 29.1 Å². The third-order valence-electron chi connectivity index (χ3n) is 3.81. The number of carbonyl (C=O) groups is 1. The van der Waals surface area contributed by atoms with Crippen molar-refractivity contribution in [2.24, 2.45) is 7.05 Å². The molecule has 26 heavy (non-hydrogen) atoms. The molecule has 0 radical (unpaired) electrons. The van der Waals surface area contributed by atoms with Crippen molar-refractivity contribution in [3.63, 3.8) is 0 Å². The van der Waals surface area contributed by atoms with Gasteiger partial charge in [0.1, 0.15) is 17.6 Å². The molecule has 0 unspecified atom stereocenters. The lowest BCUT2D eigenvalue weighted by Crippen LogP contribution is -2.34. The van der Waals surface area contributed by atoms with Gasteiger partial charge in [-0.25, -0.2) is 4.98 Å². The number of aryl methyl sites for hydroxylation is 1.